The molecule has 6 nitrogen and oxygen atoms in total. The number of ether oxygens (including phenoxy) is 2. The summed E-state index contributed by atoms with van der Waals surface area (Å²) < 4.78 is 11.4. The van der Waals surface area contributed by atoms with Crippen molar-refractivity contribution in [2.75, 3.05) is 13.2 Å². The highest BCUT2D eigenvalue weighted by Gasteiger charge is 2.24. The smallest absolute Gasteiger partial charge is 0.292 e. The minimum Gasteiger partial charge on any atom is -0.486 e. The van der Waals surface area contributed by atoms with Crippen molar-refractivity contribution in [3.63, 3.8) is 0 Å². The van der Waals surface area contributed by atoms with Crippen LogP contribution in [0, 0.1) is 0 Å². The third-order valence-corrected chi connectivity index (χ3v) is 4.10. The number of aromatic amines is 1. The Labute approximate surface area is 143 Å². The van der Waals surface area contributed by atoms with Crippen LogP contribution in [0.5, 0.6) is 11.5 Å². The summed E-state index contributed by atoms with van der Waals surface area (Å²) in [6.45, 7) is 0.514. The fourth-order valence-corrected chi connectivity index (χ4v) is 2.83. The number of carbonyl (C=O) groups excluding carboxylic acids is 2. The van der Waals surface area contributed by atoms with Crippen molar-refractivity contribution in [3.8, 4) is 11.5 Å². The second-order valence-electron chi connectivity index (χ2n) is 5.78. The minimum absolute atomic E-state index is 0.196. The quantitative estimate of drug-likeness (QED) is 0.566. The van der Waals surface area contributed by atoms with Gasteiger partial charge in [-0.15, -0.1) is 0 Å². The number of para-hydroxylation sites is 3. The molecule has 4 rings (SSSR count). The topological polar surface area (TPSA) is 80.4 Å². The summed E-state index contributed by atoms with van der Waals surface area (Å²) in [5, 5.41) is 3.36. The van der Waals surface area contributed by atoms with Crippen LogP contribution in [0.4, 0.5) is 0 Å². The Morgan fingerprint density at radius 3 is 2.72 bits per heavy atom. The molecule has 0 aliphatic carbocycles. The van der Waals surface area contributed by atoms with Gasteiger partial charge in [-0.2, -0.15) is 0 Å². The molecule has 1 amide bonds. The Morgan fingerprint density at radius 2 is 1.84 bits per heavy atom. The largest absolute Gasteiger partial charge is 0.486 e. The first-order valence-electron chi connectivity index (χ1n) is 7.99. The Kier molecular flexibility index (Phi) is 3.85. The van der Waals surface area contributed by atoms with Crippen molar-refractivity contribution in [2.45, 2.75) is 6.10 Å². The predicted molar refractivity (Wildman–Crippen MR) is 92.0 cm³/mol. The number of ketones is 1. The summed E-state index contributed by atoms with van der Waals surface area (Å²) in [5.41, 5.74) is 1.18. The number of carbonyl (C=O) groups is 2. The van der Waals surface area contributed by atoms with Crippen LogP contribution in [-0.2, 0) is 4.79 Å². The molecular formula is C19H16N2O4. The van der Waals surface area contributed by atoms with Gasteiger partial charge in [0.2, 0.25) is 0 Å². The molecule has 0 saturated carbocycles. The highest BCUT2D eigenvalue weighted by atomic mass is 16.6. The number of rotatable bonds is 4. The van der Waals surface area contributed by atoms with Crippen LogP contribution >= 0.6 is 0 Å². The first kappa shape index (κ1) is 15.3. The van der Waals surface area contributed by atoms with E-state index in [-0.39, 0.29) is 12.6 Å². The van der Waals surface area contributed by atoms with Crippen LogP contribution in [0.3, 0.4) is 0 Å². The van der Waals surface area contributed by atoms with Gasteiger partial charge in [0.25, 0.3) is 11.7 Å². The van der Waals surface area contributed by atoms with Crippen LogP contribution in [-0.4, -0.2) is 35.9 Å². The fourth-order valence-electron chi connectivity index (χ4n) is 2.83. The van der Waals surface area contributed by atoms with Gasteiger partial charge in [0.15, 0.2) is 11.5 Å². The average Bonchev–Trinajstić information content (AvgIpc) is 3.09. The summed E-state index contributed by atoms with van der Waals surface area (Å²) >= 11 is 0. The zero-order chi connectivity index (χ0) is 17.2. The average molecular weight is 336 g/mol. The number of hydrogen-bond donors (Lipinski definition) is 2. The van der Waals surface area contributed by atoms with Gasteiger partial charge >= 0.3 is 0 Å². The van der Waals surface area contributed by atoms with E-state index in [1.165, 1.54) is 0 Å². The lowest BCUT2D eigenvalue weighted by Crippen LogP contribution is -2.42. The monoisotopic (exact) mass is 336 g/mol. The van der Waals surface area contributed by atoms with E-state index in [0.29, 0.717) is 23.7 Å². The number of fused-ring (bicyclic) bond motifs is 2. The predicted octanol–water partition coefficient (Wildman–Crippen LogP) is 2.31. The second kappa shape index (κ2) is 6.32. The molecule has 2 heterocycles. The van der Waals surface area contributed by atoms with Gasteiger partial charge < -0.3 is 19.8 Å². The Hall–Kier alpha value is -3.28. The van der Waals surface area contributed by atoms with Crippen molar-refractivity contribution in [3.05, 3.63) is 60.3 Å². The molecule has 126 valence electrons. The van der Waals surface area contributed by atoms with E-state index in [1.807, 2.05) is 36.4 Å². The van der Waals surface area contributed by atoms with E-state index < -0.39 is 11.7 Å². The summed E-state index contributed by atoms with van der Waals surface area (Å²) in [6.07, 6.45) is 1.22. The zero-order valence-electron chi connectivity index (χ0n) is 13.3. The molecular weight excluding hydrogens is 320 g/mol. The molecule has 1 aliphatic rings. The maximum Gasteiger partial charge on any atom is 0.292 e. The van der Waals surface area contributed by atoms with E-state index in [0.717, 1.165) is 10.9 Å². The highest BCUT2D eigenvalue weighted by molar-refractivity contribution is 6.44. The van der Waals surface area contributed by atoms with Crippen molar-refractivity contribution in [2.24, 2.45) is 0 Å². The van der Waals surface area contributed by atoms with Crippen LogP contribution in [0.1, 0.15) is 10.4 Å². The lowest BCUT2D eigenvalue weighted by molar-refractivity contribution is -0.117. The molecule has 2 aromatic carbocycles. The van der Waals surface area contributed by atoms with E-state index in [4.69, 9.17) is 9.47 Å². The molecule has 0 radical (unpaired) electrons. The van der Waals surface area contributed by atoms with Gasteiger partial charge in [-0.3, -0.25) is 9.59 Å². The molecule has 0 unspecified atom stereocenters. The summed E-state index contributed by atoms with van der Waals surface area (Å²) in [5.74, 6) is 0.0812. The molecule has 1 aromatic heterocycles. The van der Waals surface area contributed by atoms with E-state index in [1.54, 1.807) is 18.3 Å². The summed E-state index contributed by atoms with van der Waals surface area (Å²) in [7, 11) is 0. The van der Waals surface area contributed by atoms with Gasteiger partial charge in [-0.1, -0.05) is 30.3 Å². The fraction of sp³-hybridized carbons (Fsp3) is 0.158. The highest BCUT2D eigenvalue weighted by Crippen LogP contribution is 2.30. The van der Waals surface area contributed by atoms with E-state index in [9.17, 15) is 9.59 Å². The number of Topliss-reactive ketones (excluding diaryl/α,β-unsaturated/α-hetero) is 1. The van der Waals surface area contributed by atoms with Gasteiger partial charge in [-0.25, -0.2) is 0 Å². The summed E-state index contributed by atoms with van der Waals surface area (Å²) in [6, 6.07) is 14.7. The molecule has 6 heteroatoms. The maximum atomic E-state index is 12.4. The zero-order valence-corrected chi connectivity index (χ0v) is 13.3. The van der Waals surface area contributed by atoms with Gasteiger partial charge in [-0.05, 0) is 18.2 Å². The standard InChI is InChI=1S/C19H16N2O4/c22-18(14-10-20-15-6-2-1-5-13(14)15)19(23)21-9-12-11-24-16-7-3-4-8-17(16)25-12/h1-8,10,12,20H,9,11H2,(H,21,23)/t12-/m1/s1. The van der Waals surface area contributed by atoms with E-state index in [2.05, 4.69) is 10.3 Å². The summed E-state index contributed by atoms with van der Waals surface area (Å²) in [4.78, 5) is 27.6. The number of aromatic nitrogens is 1. The number of H-pyrrole nitrogens is 1. The number of benzene rings is 2. The SMILES string of the molecule is O=C(NC[C@@H]1COc2ccccc2O1)C(=O)c1c[nH]c2ccccc12. The number of amides is 1. The van der Waals surface area contributed by atoms with Crippen molar-refractivity contribution in [1.82, 2.24) is 10.3 Å². The second-order valence-corrected chi connectivity index (χ2v) is 5.78. The van der Waals surface area contributed by atoms with Crippen LogP contribution in [0.25, 0.3) is 10.9 Å². The Balaban J connectivity index is 1.40. The van der Waals surface area contributed by atoms with Crippen LogP contribution in [0.2, 0.25) is 0 Å². The molecule has 0 saturated heterocycles. The third-order valence-electron chi connectivity index (χ3n) is 4.10. The lowest BCUT2D eigenvalue weighted by Gasteiger charge is -2.26. The Bertz CT molecular complexity index is 947. The molecule has 3 aromatic rings. The maximum absolute atomic E-state index is 12.4. The number of nitrogens with one attached hydrogen (secondary N) is 2. The van der Waals surface area contributed by atoms with Crippen molar-refractivity contribution >= 4 is 22.6 Å². The lowest BCUT2D eigenvalue weighted by atomic mass is 10.1. The Morgan fingerprint density at radius 1 is 1.08 bits per heavy atom. The molecule has 2 N–H and O–H groups in total. The number of hydrogen-bond acceptors (Lipinski definition) is 4. The molecule has 0 spiro atoms. The molecule has 1 atom stereocenters. The van der Waals surface area contributed by atoms with Crippen LogP contribution < -0.4 is 14.8 Å². The molecule has 25 heavy (non-hydrogen) atoms. The first-order chi connectivity index (χ1) is 12.2. The normalized spacial score (nSPS) is 15.8. The minimum atomic E-state index is -0.660. The van der Waals surface area contributed by atoms with Gasteiger partial charge in [0, 0.05) is 17.1 Å². The molecule has 0 bridgehead atoms. The molecule has 1 aliphatic heterocycles. The van der Waals surface area contributed by atoms with E-state index >= 15 is 0 Å². The van der Waals surface area contributed by atoms with Gasteiger partial charge in [0.05, 0.1) is 12.1 Å². The molecule has 0 fully saturated rings. The van der Waals surface area contributed by atoms with Crippen LogP contribution in [0.15, 0.2) is 54.7 Å². The first-order valence-corrected chi connectivity index (χ1v) is 7.99. The van der Waals surface area contributed by atoms with Crippen molar-refractivity contribution in [1.29, 1.82) is 0 Å². The van der Waals surface area contributed by atoms with Gasteiger partial charge in [0.1, 0.15) is 12.7 Å². The third kappa shape index (κ3) is 2.94. The van der Waals surface area contributed by atoms with Crippen molar-refractivity contribution < 1.29 is 19.1 Å².